The summed E-state index contributed by atoms with van der Waals surface area (Å²) in [5.74, 6) is 0.00881. The molecule has 2 aromatic rings. The molecule has 2 aromatic carbocycles. The third-order valence-electron chi connectivity index (χ3n) is 6.84. The highest BCUT2D eigenvalue weighted by Gasteiger charge is 2.48. The van der Waals surface area contributed by atoms with Gasteiger partial charge in [-0.1, -0.05) is 36.8 Å². The number of rotatable bonds is 6. The van der Waals surface area contributed by atoms with Gasteiger partial charge in [-0.3, -0.25) is 4.57 Å². The Kier molecular flexibility index (Phi) is 6.98. The molecule has 0 unspecified atom stereocenters. The predicted molar refractivity (Wildman–Crippen MR) is 127 cm³/mol. The molecule has 0 spiro atoms. The molecule has 4 rings (SSSR count). The topological polar surface area (TPSA) is 28.0 Å². The first-order valence-electron chi connectivity index (χ1n) is 11.6. The van der Waals surface area contributed by atoms with Crippen LogP contribution in [0.1, 0.15) is 49.9 Å². The largest absolute Gasteiger partial charge is 0.378 e. The highest BCUT2D eigenvalue weighted by atomic mass is 31.2. The Morgan fingerprint density at radius 3 is 2.03 bits per heavy atom. The summed E-state index contributed by atoms with van der Waals surface area (Å²) in [6.07, 6.45) is 7.32. The summed E-state index contributed by atoms with van der Waals surface area (Å²) < 4.78 is 17.7. The van der Waals surface area contributed by atoms with Crippen molar-refractivity contribution in [1.82, 2.24) is 4.67 Å². The maximum atomic E-state index is 15.3. The fourth-order valence-electron chi connectivity index (χ4n) is 5.21. The van der Waals surface area contributed by atoms with Crippen LogP contribution in [0.3, 0.4) is 0 Å². The smallest absolute Gasteiger partial charge is 0.238 e. The number of nitrogens with zero attached hydrogens (tertiary/aromatic N) is 2. The van der Waals surface area contributed by atoms with E-state index in [-0.39, 0.29) is 5.78 Å². The Morgan fingerprint density at radius 2 is 1.43 bits per heavy atom. The summed E-state index contributed by atoms with van der Waals surface area (Å²) in [6.45, 7) is 4.13. The molecule has 0 saturated carbocycles. The number of hydrogen-bond acceptors (Lipinski definition) is 2. The monoisotopic (exact) mass is 426 g/mol. The molecule has 5 heteroatoms. The summed E-state index contributed by atoms with van der Waals surface area (Å²) in [4.78, 5) is 3.64. The van der Waals surface area contributed by atoms with Crippen molar-refractivity contribution in [2.45, 2.75) is 44.3 Å². The van der Waals surface area contributed by atoms with Gasteiger partial charge in [0.15, 0.2) is 5.78 Å². The van der Waals surface area contributed by atoms with Gasteiger partial charge in [-0.2, -0.15) is 0 Å². The lowest BCUT2D eigenvalue weighted by molar-refractivity contribution is -0.922. The fourth-order valence-corrected chi connectivity index (χ4v) is 8.97. The van der Waals surface area contributed by atoms with E-state index >= 15 is 4.57 Å². The van der Waals surface area contributed by atoms with Crippen LogP contribution in [0, 0.1) is 0 Å². The zero-order valence-corrected chi connectivity index (χ0v) is 19.5. The Labute approximate surface area is 182 Å². The molecule has 2 atom stereocenters. The van der Waals surface area contributed by atoms with E-state index in [4.69, 9.17) is 0 Å². The van der Waals surface area contributed by atoms with Crippen LogP contribution in [0.4, 0.5) is 5.69 Å². The van der Waals surface area contributed by atoms with Crippen molar-refractivity contribution in [3.63, 3.8) is 0 Å². The van der Waals surface area contributed by atoms with Gasteiger partial charge in [-0.25, -0.2) is 4.67 Å². The van der Waals surface area contributed by atoms with Gasteiger partial charge in [-0.15, -0.1) is 0 Å². The average molecular weight is 427 g/mol. The predicted octanol–water partition coefficient (Wildman–Crippen LogP) is 3.91. The van der Waals surface area contributed by atoms with Crippen LogP contribution >= 0.6 is 7.29 Å². The van der Waals surface area contributed by atoms with Crippen molar-refractivity contribution in [1.29, 1.82) is 0 Å². The Bertz CT molecular complexity index is 840. The van der Waals surface area contributed by atoms with E-state index in [1.54, 1.807) is 0 Å². The van der Waals surface area contributed by atoms with Gasteiger partial charge in [0.1, 0.15) is 0 Å². The summed E-state index contributed by atoms with van der Waals surface area (Å²) in [6, 6.07) is 19.2. The van der Waals surface area contributed by atoms with Crippen LogP contribution in [0.2, 0.25) is 0 Å². The van der Waals surface area contributed by atoms with Crippen LogP contribution in [0.15, 0.2) is 54.6 Å². The molecule has 0 radical (unpaired) electrons. The number of piperidine rings is 2. The molecule has 1 N–H and O–H groups in total. The van der Waals surface area contributed by atoms with Crippen LogP contribution in [0.5, 0.6) is 0 Å². The maximum Gasteiger partial charge on any atom is 0.238 e. The molecule has 0 bridgehead atoms. The number of nitrogens with one attached hydrogen (secondary N) is 1. The fraction of sp³-hybridized carbons (Fsp3) is 0.520. The number of hydrogen-bond donors (Lipinski definition) is 1. The summed E-state index contributed by atoms with van der Waals surface area (Å²) in [5, 5.41) is 1.03. The molecule has 2 aliphatic heterocycles. The van der Waals surface area contributed by atoms with Gasteiger partial charge in [0.05, 0.1) is 13.1 Å². The second-order valence-electron chi connectivity index (χ2n) is 9.08. The van der Waals surface area contributed by atoms with E-state index in [0.29, 0.717) is 0 Å². The van der Waals surface area contributed by atoms with Gasteiger partial charge >= 0.3 is 0 Å². The molecule has 4 nitrogen and oxygen atoms in total. The number of benzene rings is 2. The molecule has 30 heavy (non-hydrogen) atoms. The summed E-state index contributed by atoms with van der Waals surface area (Å²) in [5.41, 5.74) is 2.42. The van der Waals surface area contributed by atoms with Gasteiger partial charge in [-0.05, 0) is 56.4 Å². The van der Waals surface area contributed by atoms with E-state index in [2.05, 4.69) is 72.2 Å². The summed E-state index contributed by atoms with van der Waals surface area (Å²) >= 11 is 0. The number of anilines is 1. The third kappa shape index (κ3) is 4.37. The second-order valence-corrected chi connectivity index (χ2v) is 11.9. The Balaban J connectivity index is 1.83. The molecule has 162 valence electrons. The Hall–Kier alpha value is -1.61. The lowest BCUT2D eigenvalue weighted by Gasteiger charge is -2.42. The van der Waals surface area contributed by atoms with Crippen molar-refractivity contribution >= 4 is 18.3 Å². The first kappa shape index (κ1) is 21.6. The van der Waals surface area contributed by atoms with Crippen molar-refractivity contribution in [2.24, 2.45) is 0 Å². The minimum atomic E-state index is -2.80. The third-order valence-corrected chi connectivity index (χ3v) is 10.5. The van der Waals surface area contributed by atoms with Crippen molar-refractivity contribution < 1.29 is 9.46 Å². The first-order valence-corrected chi connectivity index (χ1v) is 13.4. The van der Waals surface area contributed by atoms with E-state index < -0.39 is 7.29 Å². The van der Waals surface area contributed by atoms with Gasteiger partial charge < -0.3 is 9.80 Å². The molecular weight excluding hydrogens is 389 g/mol. The molecule has 0 aliphatic carbocycles. The number of quaternary nitrogens is 1. The van der Waals surface area contributed by atoms with Crippen molar-refractivity contribution in [3.8, 4) is 0 Å². The standard InChI is InChI=1S/C25H36N3OP/c1-26(2)23-16-14-22(15-17-23)25(27-18-8-4-9-19-27)30(29,24-12-6-3-7-13-24)28-20-10-5-11-21-28/h3,6-7,12-17,25H,4-5,8-11,18-21H2,1-2H3/p+1/t25-,30-/m0/s1. The molecule has 0 amide bonds. The maximum absolute atomic E-state index is 15.3. The van der Waals surface area contributed by atoms with Crippen LogP contribution in [-0.4, -0.2) is 44.9 Å². The van der Waals surface area contributed by atoms with E-state index in [1.807, 2.05) is 6.07 Å². The van der Waals surface area contributed by atoms with Crippen LogP contribution in [0.25, 0.3) is 0 Å². The normalized spacial score (nSPS) is 21.7. The molecule has 2 aliphatic rings. The lowest BCUT2D eigenvalue weighted by atomic mass is 10.1. The SMILES string of the molecule is CN(C)c1ccc([C@@H]([NH+]2CCCCC2)[P@@](=O)(c2ccccc2)N2CCCCC2)cc1. The molecule has 2 saturated heterocycles. The van der Waals surface area contributed by atoms with Gasteiger partial charge in [0.25, 0.3) is 0 Å². The number of likely N-dealkylation sites (tertiary alicyclic amines) is 1. The van der Waals surface area contributed by atoms with E-state index in [0.717, 1.165) is 44.3 Å². The van der Waals surface area contributed by atoms with E-state index in [9.17, 15) is 0 Å². The summed E-state index contributed by atoms with van der Waals surface area (Å²) in [7, 11) is 1.34. The lowest BCUT2D eigenvalue weighted by Crippen LogP contribution is -3.13. The minimum Gasteiger partial charge on any atom is -0.378 e. The molecule has 0 aromatic heterocycles. The molecular formula is C25H37N3OP+. The van der Waals surface area contributed by atoms with Crippen LogP contribution < -0.4 is 15.1 Å². The van der Waals surface area contributed by atoms with Crippen molar-refractivity contribution in [3.05, 3.63) is 60.2 Å². The zero-order valence-electron chi connectivity index (χ0n) is 18.6. The van der Waals surface area contributed by atoms with Crippen molar-refractivity contribution in [2.75, 3.05) is 45.2 Å². The van der Waals surface area contributed by atoms with E-state index in [1.165, 1.54) is 41.8 Å². The van der Waals surface area contributed by atoms with Gasteiger partial charge in [0, 0.05) is 43.7 Å². The van der Waals surface area contributed by atoms with Gasteiger partial charge in [0.2, 0.25) is 7.29 Å². The van der Waals surface area contributed by atoms with Crippen LogP contribution in [-0.2, 0) is 4.57 Å². The highest BCUT2D eigenvalue weighted by molar-refractivity contribution is 7.69. The highest BCUT2D eigenvalue weighted by Crippen LogP contribution is 2.59. The first-order chi connectivity index (χ1) is 14.6. The Morgan fingerprint density at radius 1 is 0.833 bits per heavy atom. The quantitative estimate of drug-likeness (QED) is 0.710. The molecule has 2 fully saturated rings. The molecule has 2 heterocycles. The average Bonchev–Trinajstić information content (AvgIpc) is 2.81. The minimum absolute atomic E-state index is 0.00881. The second kappa shape index (κ2) is 9.68. The zero-order chi connectivity index (χ0) is 21.0.